The van der Waals surface area contributed by atoms with Crippen molar-refractivity contribution < 1.29 is 14.6 Å². The van der Waals surface area contributed by atoms with E-state index in [9.17, 15) is 9.90 Å². The van der Waals surface area contributed by atoms with Crippen molar-refractivity contribution in [2.75, 3.05) is 26.2 Å². The zero-order valence-corrected chi connectivity index (χ0v) is 15.6. The second-order valence-corrected chi connectivity index (χ2v) is 7.56. The standard InChI is InChI=1S/C21H32N2O3/c24-20(11-7-10-17-8-3-1-4-9-17)22-18-12-15-26-19(21(18)25)16-23-13-5-2-6-14-23/h1,3-4,8-9,18-19,21,25H,2,5-7,10-16H2,(H,22,24)/t18-,19+,21-/m0/s1. The van der Waals surface area contributed by atoms with E-state index < -0.39 is 6.10 Å². The van der Waals surface area contributed by atoms with Gasteiger partial charge in [0, 0.05) is 19.6 Å². The van der Waals surface area contributed by atoms with Gasteiger partial charge in [0.15, 0.2) is 0 Å². The van der Waals surface area contributed by atoms with Crippen molar-refractivity contribution in [1.29, 1.82) is 0 Å². The Bertz CT molecular complexity index is 545. The molecule has 2 aliphatic heterocycles. The summed E-state index contributed by atoms with van der Waals surface area (Å²) < 4.78 is 5.80. The molecule has 2 aliphatic rings. The second kappa shape index (κ2) is 10.0. The highest BCUT2D eigenvalue weighted by atomic mass is 16.5. The molecule has 0 radical (unpaired) electrons. The summed E-state index contributed by atoms with van der Waals surface area (Å²) in [5.41, 5.74) is 1.26. The first kappa shape index (κ1) is 19.3. The second-order valence-electron chi connectivity index (χ2n) is 7.56. The van der Waals surface area contributed by atoms with Crippen LogP contribution in [0, 0.1) is 0 Å². The molecule has 0 bridgehead atoms. The van der Waals surface area contributed by atoms with Gasteiger partial charge in [0.1, 0.15) is 6.10 Å². The summed E-state index contributed by atoms with van der Waals surface area (Å²) in [5.74, 6) is 0.0311. The molecule has 26 heavy (non-hydrogen) atoms. The topological polar surface area (TPSA) is 61.8 Å². The summed E-state index contributed by atoms with van der Waals surface area (Å²) in [5, 5.41) is 13.7. The fourth-order valence-electron chi connectivity index (χ4n) is 3.97. The molecule has 0 unspecified atom stereocenters. The number of aliphatic hydroxyl groups excluding tert-OH is 1. The molecule has 1 aromatic rings. The van der Waals surface area contributed by atoms with Gasteiger partial charge < -0.3 is 20.1 Å². The quantitative estimate of drug-likeness (QED) is 0.782. The lowest BCUT2D eigenvalue weighted by Gasteiger charge is -2.38. The van der Waals surface area contributed by atoms with Crippen LogP contribution in [0.25, 0.3) is 0 Å². The van der Waals surface area contributed by atoms with Crippen LogP contribution in [-0.4, -0.2) is 60.4 Å². The van der Waals surface area contributed by atoms with Crippen LogP contribution in [0.15, 0.2) is 30.3 Å². The number of rotatable bonds is 7. The van der Waals surface area contributed by atoms with E-state index in [1.54, 1.807) is 0 Å². The molecule has 0 aromatic heterocycles. The van der Waals surface area contributed by atoms with Gasteiger partial charge in [-0.2, -0.15) is 0 Å². The molecule has 0 aliphatic carbocycles. The zero-order valence-electron chi connectivity index (χ0n) is 15.6. The van der Waals surface area contributed by atoms with Crippen molar-refractivity contribution in [2.24, 2.45) is 0 Å². The third-order valence-corrected chi connectivity index (χ3v) is 5.50. The molecular weight excluding hydrogens is 328 g/mol. The highest BCUT2D eigenvalue weighted by Crippen LogP contribution is 2.18. The Labute approximate surface area is 156 Å². The first-order valence-corrected chi connectivity index (χ1v) is 10.1. The highest BCUT2D eigenvalue weighted by molar-refractivity contribution is 5.76. The summed E-state index contributed by atoms with van der Waals surface area (Å²) in [6.07, 6.45) is 5.84. The number of aliphatic hydroxyl groups is 1. The van der Waals surface area contributed by atoms with Crippen LogP contribution in [-0.2, 0) is 16.0 Å². The molecule has 3 atom stereocenters. The molecule has 2 heterocycles. The van der Waals surface area contributed by atoms with Gasteiger partial charge in [0.25, 0.3) is 0 Å². The van der Waals surface area contributed by atoms with E-state index in [1.165, 1.54) is 24.8 Å². The van der Waals surface area contributed by atoms with E-state index in [1.807, 2.05) is 18.2 Å². The van der Waals surface area contributed by atoms with Gasteiger partial charge in [-0.15, -0.1) is 0 Å². The number of aryl methyl sites for hydroxylation is 1. The monoisotopic (exact) mass is 360 g/mol. The summed E-state index contributed by atoms with van der Waals surface area (Å²) in [7, 11) is 0. The molecule has 1 aromatic carbocycles. The normalized spacial score (nSPS) is 27.2. The van der Waals surface area contributed by atoms with Crippen LogP contribution in [0.5, 0.6) is 0 Å². The fraction of sp³-hybridized carbons (Fsp3) is 0.667. The molecular formula is C21H32N2O3. The number of likely N-dealkylation sites (tertiary alicyclic amines) is 1. The lowest BCUT2D eigenvalue weighted by atomic mass is 9.98. The molecule has 0 saturated carbocycles. The average Bonchev–Trinajstić information content (AvgIpc) is 2.67. The summed E-state index contributed by atoms with van der Waals surface area (Å²) in [4.78, 5) is 14.6. The first-order valence-electron chi connectivity index (χ1n) is 10.1. The first-order chi connectivity index (χ1) is 12.7. The SMILES string of the molecule is O=C(CCCc1ccccc1)N[C@H]1CCO[C@H](CN2CCCCC2)[C@H]1O. The van der Waals surface area contributed by atoms with Gasteiger partial charge in [0.05, 0.1) is 12.1 Å². The van der Waals surface area contributed by atoms with Crippen LogP contribution in [0.4, 0.5) is 0 Å². The number of ether oxygens (including phenoxy) is 1. The molecule has 2 N–H and O–H groups in total. The van der Waals surface area contributed by atoms with Crippen molar-refractivity contribution in [3.8, 4) is 0 Å². The predicted molar refractivity (Wildman–Crippen MR) is 102 cm³/mol. The third kappa shape index (κ3) is 5.79. The van der Waals surface area contributed by atoms with E-state index in [0.717, 1.165) is 32.5 Å². The number of carbonyl (C=O) groups is 1. The van der Waals surface area contributed by atoms with Crippen LogP contribution < -0.4 is 5.32 Å². The van der Waals surface area contributed by atoms with Gasteiger partial charge in [-0.1, -0.05) is 36.8 Å². The minimum absolute atomic E-state index is 0.0311. The lowest BCUT2D eigenvalue weighted by molar-refractivity contribution is -0.130. The van der Waals surface area contributed by atoms with E-state index in [4.69, 9.17) is 4.74 Å². The molecule has 2 fully saturated rings. The Kier molecular flexibility index (Phi) is 7.47. The van der Waals surface area contributed by atoms with Crippen LogP contribution >= 0.6 is 0 Å². The number of nitrogens with one attached hydrogen (secondary N) is 1. The summed E-state index contributed by atoms with van der Waals surface area (Å²) in [6.45, 7) is 3.54. The maximum Gasteiger partial charge on any atom is 0.220 e. The number of hydrogen-bond acceptors (Lipinski definition) is 4. The van der Waals surface area contributed by atoms with Crippen molar-refractivity contribution in [2.45, 2.75) is 63.2 Å². The number of carbonyl (C=O) groups excluding carboxylic acids is 1. The maximum atomic E-state index is 12.3. The summed E-state index contributed by atoms with van der Waals surface area (Å²) >= 11 is 0. The van der Waals surface area contributed by atoms with E-state index in [0.29, 0.717) is 19.4 Å². The Balaban J connectivity index is 1.40. The minimum atomic E-state index is -0.622. The Morgan fingerprint density at radius 3 is 2.73 bits per heavy atom. The van der Waals surface area contributed by atoms with Crippen molar-refractivity contribution >= 4 is 5.91 Å². The average molecular weight is 360 g/mol. The number of hydrogen-bond donors (Lipinski definition) is 2. The molecule has 3 rings (SSSR count). The maximum absolute atomic E-state index is 12.3. The number of piperidine rings is 1. The van der Waals surface area contributed by atoms with E-state index in [2.05, 4.69) is 22.3 Å². The van der Waals surface area contributed by atoms with Crippen LogP contribution in [0.3, 0.4) is 0 Å². The number of nitrogens with zero attached hydrogens (tertiary/aromatic N) is 1. The van der Waals surface area contributed by atoms with Gasteiger partial charge in [0.2, 0.25) is 5.91 Å². The van der Waals surface area contributed by atoms with Gasteiger partial charge in [-0.25, -0.2) is 0 Å². The third-order valence-electron chi connectivity index (χ3n) is 5.50. The molecule has 1 amide bonds. The van der Waals surface area contributed by atoms with Gasteiger partial charge >= 0.3 is 0 Å². The van der Waals surface area contributed by atoms with Crippen molar-refractivity contribution in [1.82, 2.24) is 10.2 Å². The molecule has 2 saturated heterocycles. The highest BCUT2D eigenvalue weighted by Gasteiger charge is 2.34. The van der Waals surface area contributed by atoms with Gasteiger partial charge in [-0.05, 0) is 50.8 Å². The Hall–Kier alpha value is -1.43. The van der Waals surface area contributed by atoms with E-state index in [-0.39, 0.29) is 18.1 Å². The van der Waals surface area contributed by atoms with Crippen molar-refractivity contribution in [3.63, 3.8) is 0 Å². The summed E-state index contributed by atoms with van der Waals surface area (Å²) in [6, 6.07) is 10.0. The predicted octanol–water partition coefficient (Wildman–Crippen LogP) is 2.13. The number of benzene rings is 1. The molecule has 0 spiro atoms. The minimum Gasteiger partial charge on any atom is -0.388 e. The Morgan fingerprint density at radius 1 is 1.19 bits per heavy atom. The fourth-order valence-corrected chi connectivity index (χ4v) is 3.97. The lowest BCUT2D eigenvalue weighted by Crippen LogP contribution is -2.56. The molecule has 144 valence electrons. The smallest absolute Gasteiger partial charge is 0.220 e. The van der Waals surface area contributed by atoms with Crippen LogP contribution in [0.2, 0.25) is 0 Å². The largest absolute Gasteiger partial charge is 0.388 e. The Morgan fingerprint density at radius 2 is 1.96 bits per heavy atom. The van der Waals surface area contributed by atoms with Crippen LogP contribution in [0.1, 0.15) is 44.1 Å². The molecule has 5 heteroatoms. The molecule has 5 nitrogen and oxygen atoms in total. The number of amides is 1. The zero-order chi connectivity index (χ0) is 18.2. The van der Waals surface area contributed by atoms with Gasteiger partial charge in [-0.3, -0.25) is 4.79 Å². The van der Waals surface area contributed by atoms with E-state index >= 15 is 0 Å². The van der Waals surface area contributed by atoms with Crippen molar-refractivity contribution in [3.05, 3.63) is 35.9 Å².